The van der Waals surface area contributed by atoms with Gasteiger partial charge in [-0.3, -0.25) is 14.8 Å². The summed E-state index contributed by atoms with van der Waals surface area (Å²) in [6.45, 7) is 0. The van der Waals surface area contributed by atoms with Crippen LogP contribution < -0.4 is 20.4 Å². The number of methoxy groups -OCH3 is 1. The van der Waals surface area contributed by atoms with Crippen LogP contribution in [0.3, 0.4) is 0 Å². The average Bonchev–Trinajstić information content (AvgIpc) is 2.80. The molecule has 0 radical (unpaired) electrons. The van der Waals surface area contributed by atoms with Crippen LogP contribution in [0.1, 0.15) is 0 Å². The van der Waals surface area contributed by atoms with Gasteiger partial charge >= 0.3 is 5.63 Å². The highest BCUT2D eigenvalue weighted by atomic mass is 32.2. The first-order valence-corrected chi connectivity index (χ1v) is 11.0. The largest absolute Gasteiger partial charge is 0.497 e. The molecule has 1 aromatic heterocycles. The van der Waals surface area contributed by atoms with Crippen molar-refractivity contribution in [3.63, 3.8) is 0 Å². The maximum absolute atomic E-state index is 12.6. The number of hydrogen-bond donors (Lipinski definition) is 2. The summed E-state index contributed by atoms with van der Waals surface area (Å²) < 4.78 is 37.8. The van der Waals surface area contributed by atoms with Gasteiger partial charge in [0.15, 0.2) is 0 Å². The minimum atomic E-state index is -3.80. The Hall–Kier alpha value is -4.38. The van der Waals surface area contributed by atoms with Crippen LogP contribution in [0.5, 0.6) is 5.75 Å². The maximum Gasteiger partial charge on any atom is 0.338 e. The molecule has 4 aromatic rings. The molecule has 0 saturated carbocycles. The van der Waals surface area contributed by atoms with Gasteiger partial charge in [-0.05, 0) is 54.6 Å². The van der Waals surface area contributed by atoms with Gasteiger partial charge in [-0.25, -0.2) is 13.2 Å². The third kappa shape index (κ3) is 4.77. The van der Waals surface area contributed by atoms with Crippen molar-refractivity contribution in [2.45, 2.75) is 4.90 Å². The number of benzene rings is 3. The Labute approximate surface area is 187 Å². The zero-order valence-corrected chi connectivity index (χ0v) is 18.0. The fourth-order valence-corrected chi connectivity index (χ4v) is 4.17. The number of nitrogens with one attached hydrogen (secondary N) is 2. The van der Waals surface area contributed by atoms with E-state index in [9.17, 15) is 23.3 Å². The van der Waals surface area contributed by atoms with Gasteiger partial charge in [-0.15, -0.1) is 0 Å². The predicted octanol–water partition coefficient (Wildman–Crippen LogP) is 4.25. The van der Waals surface area contributed by atoms with Crippen molar-refractivity contribution in [1.29, 1.82) is 0 Å². The molecule has 0 amide bonds. The van der Waals surface area contributed by atoms with E-state index in [4.69, 9.17) is 9.15 Å². The molecule has 33 heavy (non-hydrogen) atoms. The molecule has 0 saturated heterocycles. The Morgan fingerprint density at radius 1 is 0.939 bits per heavy atom. The standard InChI is InChI=1S/C22H17N3O7S/c1-31-17-7-9-18(10-8-17)33(29,30)24-15-4-2-14(3-5-15)23-20-13-22(26)32-21-11-6-16(25(27)28)12-19(20)21/h2-13,23-24H,1H3. The van der Waals surface area contributed by atoms with Crippen LogP contribution >= 0.6 is 0 Å². The number of fused-ring (bicyclic) bond motifs is 1. The molecule has 0 spiro atoms. The zero-order chi connectivity index (χ0) is 23.6. The van der Waals surface area contributed by atoms with Crippen molar-refractivity contribution in [2.75, 3.05) is 17.1 Å². The summed E-state index contributed by atoms with van der Waals surface area (Å²) in [4.78, 5) is 22.5. The summed E-state index contributed by atoms with van der Waals surface area (Å²) in [5, 5.41) is 14.5. The van der Waals surface area contributed by atoms with Crippen LogP contribution in [-0.4, -0.2) is 20.5 Å². The third-order valence-corrected chi connectivity index (χ3v) is 6.12. The minimum absolute atomic E-state index is 0.0783. The van der Waals surface area contributed by atoms with Crippen LogP contribution in [0.15, 0.2) is 86.9 Å². The van der Waals surface area contributed by atoms with Crippen LogP contribution in [0, 0.1) is 10.1 Å². The van der Waals surface area contributed by atoms with E-state index in [2.05, 4.69) is 10.0 Å². The van der Waals surface area contributed by atoms with Crippen LogP contribution in [0.4, 0.5) is 22.7 Å². The number of nitro groups is 1. The van der Waals surface area contributed by atoms with Crippen molar-refractivity contribution in [3.8, 4) is 5.75 Å². The molecule has 0 bridgehead atoms. The molecule has 0 aliphatic carbocycles. The monoisotopic (exact) mass is 467 g/mol. The zero-order valence-electron chi connectivity index (χ0n) is 17.1. The second-order valence-electron chi connectivity index (χ2n) is 6.90. The van der Waals surface area contributed by atoms with Crippen molar-refractivity contribution < 1.29 is 22.5 Å². The molecule has 2 N–H and O–H groups in total. The predicted molar refractivity (Wildman–Crippen MR) is 123 cm³/mol. The molecule has 0 unspecified atom stereocenters. The van der Waals surface area contributed by atoms with E-state index < -0.39 is 20.6 Å². The topological polar surface area (TPSA) is 141 Å². The molecular formula is C22H17N3O7S. The quantitative estimate of drug-likeness (QED) is 0.233. The molecular weight excluding hydrogens is 450 g/mol. The lowest BCUT2D eigenvalue weighted by molar-refractivity contribution is -0.384. The van der Waals surface area contributed by atoms with E-state index in [1.807, 2.05) is 0 Å². The molecule has 11 heteroatoms. The second-order valence-corrected chi connectivity index (χ2v) is 8.58. The first kappa shape index (κ1) is 21.8. The first-order valence-electron chi connectivity index (χ1n) is 9.51. The van der Waals surface area contributed by atoms with Crippen LogP contribution in [0.25, 0.3) is 11.0 Å². The molecule has 0 aliphatic heterocycles. The Morgan fingerprint density at radius 2 is 1.61 bits per heavy atom. The Morgan fingerprint density at radius 3 is 2.24 bits per heavy atom. The van der Waals surface area contributed by atoms with Crippen molar-refractivity contribution in [2.24, 2.45) is 0 Å². The summed E-state index contributed by atoms with van der Waals surface area (Å²) in [6.07, 6.45) is 0. The molecule has 10 nitrogen and oxygen atoms in total. The van der Waals surface area contributed by atoms with Gasteiger partial charge in [0.25, 0.3) is 15.7 Å². The normalized spacial score (nSPS) is 11.2. The Kier molecular flexibility index (Phi) is 5.71. The highest BCUT2D eigenvalue weighted by molar-refractivity contribution is 7.92. The van der Waals surface area contributed by atoms with Gasteiger partial charge < -0.3 is 14.5 Å². The number of sulfonamides is 1. The summed E-state index contributed by atoms with van der Waals surface area (Å²) in [5.74, 6) is 0.539. The molecule has 1 heterocycles. The molecule has 168 valence electrons. The number of anilines is 3. The number of nitrogens with zero attached hydrogens (tertiary/aromatic N) is 1. The van der Waals surface area contributed by atoms with Crippen LogP contribution in [-0.2, 0) is 10.0 Å². The lowest BCUT2D eigenvalue weighted by Gasteiger charge is -2.11. The number of nitro benzene ring substituents is 1. The lowest BCUT2D eigenvalue weighted by Crippen LogP contribution is -2.12. The first-order chi connectivity index (χ1) is 15.7. The number of hydrogen-bond acceptors (Lipinski definition) is 8. The molecule has 3 aromatic carbocycles. The van der Waals surface area contributed by atoms with Crippen molar-refractivity contribution in [1.82, 2.24) is 0 Å². The number of non-ortho nitro benzene ring substituents is 1. The smallest absolute Gasteiger partial charge is 0.338 e. The highest BCUT2D eigenvalue weighted by Crippen LogP contribution is 2.29. The summed E-state index contributed by atoms with van der Waals surface area (Å²) in [7, 11) is -2.31. The summed E-state index contributed by atoms with van der Waals surface area (Å²) in [5.41, 5.74) is 0.589. The van der Waals surface area contributed by atoms with E-state index in [1.54, 1.807) is 36.4 Å². The van der Waals surface area contributed by atoms with Gasteiger partial charge in [-0.1, -0.05) is 0 Å². The minimum Gasteiger partial charge on any atom is -0.497 e. The van der Waals surface area contributed by atoms with E-state index in [1.165, 1.54) is 43.5 Å². The Balaban J connectivity index is 1.57. The lowest BCUT2D eigenvalue weighted by atomic mass is 10.1. The fraction of sp³-hybridized carbons (Fsp3) is 0.0455. The molecule has 0 fully saturated rings. The van der Waals surface area contributed by atoms with E-state index in [0.29, 0.717) is 28.2 Å². The Bertz CT molecular complexity index is 1500. The van der Waals surface area contributed by atoms with Gasteiger partial charge in [0, 0.05) is 35.0 Å². The highest BCUT2D eigenvalue weighted by Gasteiger charge is 2.15. The van der Waals surface area contributed by atoms with E-state index in [0.717, 1.165) is 0 Å². The van der Waals surface area contributed by atoms with Gasteiger partial charge in [-0.2, -0.15) is 0 Å². The van der Waals surface area contributed by atoms with Gasteiger partial charge in [0.2, 0.25) is 0 Å². The SMILES string of the molecule is COc1ccc(S(=O)(=O)Nc2ccc(Nc3cc(=O)oc4ccc([N+](=O)[O-])cc34)cc2)cc1. The van der Waals surface area contributed by atoms with Gasteiger partial charge in [0.1, 0.15) is 11.3 Å². The number of ether oxygens (including phenoxy) is 1. The summed E-state index contributed by atoms with van der Waals surface area (Å²) >= 11 is 0. The van der Waals surface area contributed by atoms with Gasteiger partial charge in [0.05, 0.1) is 22.6 Å². The van der Waals surface area contributed by atoms with E-state index in [-0.39, 0.29) is 16.2 Å². The van der Waals surface area contributed by atoms with E-state index >= 15 is 0 Å². The summed E-state index contributed by atoms with van der Waals surface area (Å²) in [6, 6.07) is 17.3. The molecule has 4 rings (SSSR count). The van der Waals surface area contributed by atoms with Crippen LogP contribution in [0.2, 0.25) is 0 Å². The average molecular weight is 467 g/mol. The maximum atomic E-state index is 12.6. The van der Waals surface area contributed by atoms with Crippen molar-refractivity contribution >= 4 is 43.7 Å². The van der Waals surface area contributed by atoms with Crippen molar-refractivity contribution in [3.05, 3.63) is 93.3 Å². The third-order valence-electron chi connectivity index (χ3n) is 4.72. The fourth-order valence-electron chi connectivity index (χ4n) is 3.11. The molecule has 0 atom stereocenters. The number of rotatable bonds is 7. The molecule has 0 aliphatic rings. The second kappa shape index (κ2) is 8.63.